The van der Waals surface area contributed by atoms with Gasteiger partial charge in [0.2, 0.25) is 0 Å². The number of aromatic nitrogens is 1. The number of benzene rings is 2. The first-order valence-corrected chi connectivity index (χ1v) is 10.6. The van der Waals surface area contributed by atoms with Crippen LogP contribution < -0.4 is 9.64 Å². The average Bonchev–Trinajstić information content (AvgIpc) is 3.08. The number of amides is 1. The van der Waals surface area contributed by atoms with Gasteiger partial charge in [0.15, 0.2) is 0 Å². The highest BCUT2D eigenvalue weighted by molar-refractivity contribution is 9.10. The van der Waals surface area contributed by atoms with Crippen molar-refractivity contribution in [2.45, 2.75) is 6.04 Å². The van der Waals surface area contributed by atoms with Gasteiger partial charge in [0.1, 0.15) is 23.9 Å². The Hall–Kier alpha value is -3.71. The number of aliphatic hydroxyl groups is 1. The molecule has 0 saturated carbocycles. The Kier molecular flexibility index (Phi) is 6.18. The van der Waals surface area contributed by atoms with Crippen LogP contribution in [0.4, 0.5) is 5.82 Å². The molecule has 3 aromatic rings. The highest BCUT2D eigenvalue weighted by Crippen LogP contribution is 2.42. The number of hydrogen-bond acceptors (Lipinski definition) is 5. The van der Waals surface area contributed by atoms with E-state index in [9.17, 15) is 14.7 Å². The quantitative estimate of drug-likeness (QED) is 0.226. The molecule has 2 aromatic carbocycles. The predicted molar refractivity (Wildman–Crippen MR) is 125 cm³/mol. The van der Waals surface area contributed by atoms with E-state index in [0.717, 1.165) is 4.47 Å². The third kappa shape index (κ3) is 4.07. The van der Waals surface area contributed by atoms with E-state index in [1.165, 1.54) is 4.90 Å². The SMILES string of the molecule is C=CCOc1ccc(C(O)=C2C(=O)C(=O)N(c3ccccn3)[C@H]2c2cccc(Br)c2)cc1. The lowest BCUT2D eigenvalue weighted by Crippen LogP contribution is -2.30. The normalized spacial score (nSPS) is 17.4. The Bertz CT molecular complexity index is 1210. The second-order valence-corrected chi connectivity index (χ2v) is 7.95. The molecule has 1 fully saturated rings. The Morgan fingerprint density at radius 1 is 1.12 bits per heavy atom. The van der Waals surface area contributed by atoms with Crippen LogP contribution in [0.2, 0.25) is 0 Å². The van der Waals surface area contributed by atoms with Crippen LogP contribution in [0.15, 0.2) is 95.6 Å². The van der Waals surface area contributed by atoms with Gasteiger partial charge in [-0.05, 0) is 54.1 Å². The highest BCUT2D eigenvalue weighted by Gasteiger charge is 2.47. The molecule has 160 valence electrons. The maximum absolute atomic E-state index is 13.1. The lowest BCUT2D eigenvalue weighted by molar-refractivity contribution is -0.132. The van der Waals surface area contributed by atoms with Crippen molar-refractivity contribution >= 4 is 39.2 Å². The van der Waals surface area contributed by atoms with E-state index in [1.807, 2.05) is 18.2 Å². The largest absolute Gasteiger partial charge is 0.507 e. The fourth-order valence-electron chi connectivity index (χ4n) is 3.58. The second-order valence-electron chi connectivity index (χ2n) is 7.04. The topological polar surface area (TPSA) is 79.7 Å². The molecule has 0 bridgehead atoms. The van der Waals surface area contributed by atoms with Gasteiger partial charge in [0.25, 0.3) is 5.78 Å². The summed E-state index contributed by atoms with van der Waals surface area (Å²) in [5.74, 6) is -0.862. The summed E-state index contributed by atoms with van der Waals surface area (Å²) >= 11 is 3.44. The van der Waals surface area contributed by atoms with Gasteiger partial charge in [0, 0.05) is 16.2 Å². The van der Waals surface area contributed by atoms with Crippen LogP contribution in [0.25, 0.3) is 5.76 Å². The van der Waals surface area contributed by atoms with Gasteiger partial charge < -0.3 is 9.84 Å². The molecule has 0 radical (unpaired) electrons. The predicted octanol–water partition coefficient (Wildman–Crippen LogP) is 5.04. The molecular weight excluding hydrogens is 472 g/mol. The summed E-state index contributed by atoms with van der Waals surface area (Å²) < 4.78 is 6.26. The number of pyridine rings is 1. The fraction of sp³-hybridized carbons (Fsp3) is 0.0800. The molecule has 7 heteroatoms. The van der Waals surface area contributed by atoms with Crippen molar-refractivity contribution in [1.82, 2.24) is 4.98 Å². The summed E-state index contributed by atoms with van der Waals surface area (Å²) in [6.07, 6.45) is 3.18. The Labute approximate surface area is 193 Å². The van der Waals surface area contributed by atoms with Crippen LogP contribution in [0.1, 0.15) is 17.2 Å². The number of anilines is 1. The molecular formula is C25H19BrN2O4. The van der Waals surface area contributed by atoms with E-state index in [4.69, 9.17) is 4.74 Å². The third-order valence-electron chi connectivity index (χ3n) is 5.00. The third-order valence-corrected chi connectivity index (χ3v) is 5.49. The molecule has 0 aliphatic carbocycles. The minimum atomic E-state index is -0.834. The van der Waals surface area contributed by atoms with Crippen molar-refractivity contribution in [1.29, 1.82) is 0 Å². The molecule has 0 unspecified atom stereocenters. The van der Waals surface area contributed by atoms with Crippen molar-refractivity contribution in [3.05, 3.63) is 107 Å². The molecule has 1 aromatic heterocycles. The number of carbonyl (C=O) groups is 2. The molecule has 1 saturated heterocycles. The first-order valence-electron chi connectivity index (χ1n) is 9.83. The molecule has 32 heavy (non-hydrogen) atoms. The summed E-state index contributed by atoms with van der Waals surface area (Å²) in [6.45, 7) is 3.96. The van der Waals surface area contributed by atoms with Gasteiger partial charge in [-0.3, -0.25) is 14.5 Å². The van der Waals surface area contributed by atoms with Crippen LogP contribution in [0.3, 0.4) is 0 Å². The number of Topliss-reactive ketones (excluding diaryl/α,β-unsaturated/α-hetero) is 1. The Morgan fingerprint density at radius 2 is 1.91 bits per heavy atom. The number of ether oxygens (including phenoxy) is 1. The fourth-order valence-corrected chi connectivity index (χ4v) is 3.99. The monoisotopic (exact) mass is 490 g/mol. The van der Waals surface area contributed by atoms with Crippen molar-refractivity contribution < 1.29 is 19.4 Å². The van der Waals surface area contributed by atoms with Gasteiger partial charge in [-0.1, -0.05) is 46.8 Å². The molecule has 6 nitrogen and oxygen atoms in total. The first kappa shape index (κ1) is 21.5. The maximum atomic E-state index is 13.1. The number of halogens is 1. The van der Waals surface area contributed by atoms with Crippen LogP contribution in [0, 0.1) is 0 Å². The van der Waals surface area contributed by atoms with Gasteiger partial charge >= 0.3 is 5.91 Å². The van der Waals surface area contributed by atoms with Crippen molar-refractivity contribution in [3.8, 4) is 5.75 Å². The second kappa shape index (κ2) is 9.20. The standard InChI is InChI=1S/C25H19BrN2O4/c1-2-14-32-19-11-9-16(10-12-19)23(29)21-22(17-6-5-7-18(26)15-17)28(25(31)24(21)30)20-8-3-4-13-27-20/h2-13,15,22,29H,1,14H2/t22-/m0/s1. The van der Waals surface area contributed by atoms with Gasteiger partial charge in [-0.15, -0.1) is 0 Å². The van der Waals surface area contributed by atoms with Crippen LogP contribution in [-0.2, 0) is 9.59 Å². The zero-order chi connectivity index (χ0) is 22.7. The zero-order valence-electron chi connectivity index (χ0n) is 16.9. The maximum Gasteiger partial charge on any atom is 0.301 e. The molecule has 0 spiro atoms. The van der Waals surface area contributed by atoms with Crippen LogP contribution in [0.5, 0.6) is 5.75 Å². The first-order chi connectivity index (χ1) is 15.5. The molecule has 1 amide bonds. The van der Waals surface area contributed by atoms with E-state index in [2.05, 4.69) is 27.5 Å². The number of rotatable bonds is 6. The van der Waals surface area contributed by atoms with Gasteiger partial charge in [0.05, 0.1) is 11.6 Å². The summed E-state index contributed by atoms with van der Waals surface area (Å²) in [6, 6.07) is 18.2. The lowest BCUT2D eigenvalue weighted by atomic mass is 9.95. The summed E-state index contributed by atoms with van der Waals surface area (Å²) in [4.78, 5) is 31.7. The van der Waals surface area contributed by atoms with Gasteiger partial charge in [-0.2, -0.15) is 0 Å². The zero-order valence-corrected chi connectivity index (χ0v) is 18.5. The minimum absolute atomic E-state index is 0.00138. The van der Waals surface area contributed by atoms with E-state index < -0.39 is 17.7 Å². The van der Waals surface area contributed by atoms with E-state index in [1.54, 1.807) is 60.8 Å². The van der Waals surface area contributed by atoms with Gasteiger partial charge in [-0.25, -0.2) is 4.98 Å². The molecule has 2 heterocycles. The summed E-state index contributed by atoms with van der Waals surface area (Å²) in [7, 11) is 0. The van der Waals surface area contributed by atoms with Crippen molar-refractivity contribution in [2.24, 2.45) is 0 Å². The molecule has 1 atom stereocenters. The van der Waals surface area contributed by atoms with Crippen molar-refractivity contribution in [2.75, 3.05) is 11.5 Å². The molecule has 1 N–H and O–H groups in total. The number of carbonyl (C=O) groups excluding carboxylic acids is 2. The van der Waals surface area contributed by atoms with E-state index in [-0.39, 0.29) is 11.3 Å². The Balaban J connectivity index is 1.85. The summed E-state index contributed by atoms with van der Waals surface area (Å²) in [5.41, 5.74) is 1.06. The van der Waals surface area contributed by atoms with E-state index >= 15 is 0 Å². The number of nitrogens with zero attached hydrogens (tertiary/aromatic N) is 2. The minimum Gasteiger partial charge on any atom is -0.507 e. The lowest BCUT2D eigenvalue weighted by Gasteiger charge is -2.24. The summed E-state index contributed by atoms with van der Waals surface area (Å²) in [5, 5.41) is 11.1. The number of ketones is 1. The smallest absolute Gasteiger partial charge is 0.301 e. The average molecular weight is 491 g/mol. The van der Waals surface area contributed by atoms with E-state index in [0.29, 0.717) is 29.3 Å². The highest BCUT2D eigenvalue weighted by atomic mass is 79.9. The molecule has 1 aliphatic rings. The van der Waals surface area contributed by atoms with Crippen molar-refractivity contribution in [3.63, 3.8) is 0 Å². The number of hydrogen-bond donors (Lipinski definition) is 1. The van der Waals surface area contributed by atoms with Crippen LogP contribution >= 0.6 is 15.9 Å². The molecule has 4 rings (SSSR count). The number of aliphatic hydroxyl groups excluding tert-OH is 1. The van der Waals surface area contributed by atoms with Crippen LogP contribution in [-0.4, -0.2) is 28.4 Å². The Morgan fingerprint density at radius 3 is 2.56 bits per heavy atom. The molecule has 1 aliphatic heterocycles.